The molecule has 2 aromatic rings. The van der Waals surface area contributed by atoms with Crippen LogP contribution in [0.4, 0.5) is 0 Å². The molecule has 0 saturated carbocycles. The molecule has 3 rings (SSSR count). The van der Waals surface area contributed by atoms with Gasteiger partial charge in [0.25, 0.3) is 5.91 Å². The van der Waals surface area contributed by atoms with Crippen LogP contribution in [-0.4, -0.2) is 32.2 Å². The van der Waals surface area contributed by atoms with E-state index in [0.29, 0.717) is 30.1 Å². The van der Waals surface area contributed by atoms with Crippen molar-refractivity contribution < 1.29 is 19.4 Å². The molecular weight excluding hydrogens is 430 g/mol. The lowest BCUT2D eigenvalue weighted by Gasteiger charge is -2.22. The first-order chi connectivity index (χ1) is 14.9. The van der Waals surface area contributed by atoms with E-state index in [1.165, 1.54) is 10.5 Å². The van der Waals surface area contributed by atoms with E-state index in [-0.39, 0.29) is 10.2 Å². The Labute approximate surface area is 192 Å². The highest BCUT2D eigenvalue weighted by molar-refractivity contribution is 8.26. The Morgan fingerprint density at radius 2 is 2.00 bits per heavy atom. The zero-order valence-electron chi connectivity index (χ0n) is 17.5. The molecule has 1 amide bonds. The molecule has 31 heavy (non-hydrogen) atoms. The van der Waals surface area contributed by atoms with Crippen LogP contribution in [0, 0.1) is 6.92 Å². The first-order valence-corrected chi connectivity index (χ1v) is 11.4. The second-order valence-corrected chi connectivity index (χ2v) is 9.07. The first kappa shape index (κ1) is 23.0. The zero-order chi connectivity index (χ0) is 22.4. The zero-order valence-corrected chi connectivity index (χ0v) is 19.2. The molecule has 0 aromatic heterocycles. The molecule has 7 heteroatoms. The Hall–Kier alpha value is -2.64. The average molecular weight is 456 g/mol. The minimum Gasteiger partial charge on any atom is -0.489 e. The van der Waals surface area contributed by atoms with E-state index in [9.17, 15) is 14.7 Å². The molecule has 5 nitrogen and oxygen atoms in total. The monoisotopic (exact) mass is 455 g/mol. The number of carbonyl (C=O) groups excluding carboxylic acids is 1. The van der Waals surface area contributed by atoms with Crippen LogP contribution >= 0.6 is 24.0 Å². The van der Waals surface area contributed by atoms with E-state index in [0.717, 1.165) is 29.3 Å². The summed E-state index contributed by atoms with van der Waals surface area (Å²) < 4.78 is 6.17. The Kier molecular flexibility index (Phi) is 7.87. The molecule has 162 valence electrons. The number of carboxylic acids is 1. The Morgan fingerprint density at radius 1 is 1.26 bits per heavy atom. The number of nitrogens with zero attached hydrogens (tertiary/aromatic N) is 1. The second kappa shape index (κ2) is 10.6. The van der Waals surface area contributed by atoms with Gasteiger partial charge in [0.05, 0.1) is 4.91 Å². The number of hydrogen-bond acceptors (Lipinski definition) is 5. The van der Waals surface area contributed by atoms with E-state index < -0.39 is 12.0 Å². The van der Waals surface area contributed by atoms with Crippen molar-refractivity contribution in [1.82, 2.24) is 4.90 Å². The van der Waals surface area contributed by atoms with E-state index in [2.05, 4.69) is 0 Å². The summed E-state index contributed by atoms with van der Waals surface area (Å²) in [5.74, 6) is -0.696. The standard InChI is InChI=1S/C24H25NO4S2/c1-3-4-8-20(23(27)28)25-22(26)21(31-24(25)30)14-18-6-5-7-19(13-18)29-15-17-11-9-16(2)10-12-17/h5-7,9-14,20H,3-4,8,15H2,1-2H3,(H,27,28)/b21-14-/t20-/m1/s1. The molecule has 2 aromatic carbocycles. The van der Waals surface area contributed by atoms with Gasteiger partial charge in [-0.25, -0.2) is 4.79 Å². The van der Waals surface area contributed by atoms with Gasteiger partial charge in [-0.05, 0) is 42.7 Å². The summed E-state index contributed by atoms with van der Waals surface area (Å²) in [6, 6.07) is 14.7. The third-order valence-electron chi connectivity index (χ3n) is 4.93. The predicted molar refractivity (Wildman–Crippen MR) is 128 cm³/mol. The minimum atomic E-state index is -1.03. The van der Waals surface area contributed by atoms with Crippen molar-refractivity contribution in [2.45, 2.75) is 45.8 Å². The summed E-state index contributed by atoms with van der Waals surface area (Å²) in [6.45, 7) is 4.47. The molecule has 0 bridgehead atoms. The van der Waals surface area contributed by atoms with Crippen molar-refractivity contribution in [3.63, 3.8) is 0 Å². The molecule has 1 aliphatic heterocycles. The summed E-state index contributed by atoms with van der Waals surface area (Å²) in [6.07, 6.45) is 3.68. The van der Waals surface area contributed by atoms with Crippen LogP contribution in [0.15, 0.2) is 53.4 Å². The lowest BCUT2D eigenvalue weighted by atomic mass is 10.1. The largest absolute Gasteiger partial charge is 0.489 e. The van der Waals surface area contributed by atoms with Crippen LogP contribution in [0.1, 0.15) is 42.9 Å². The maximum atomic E-state index is 12.9. The summed E-state index contributed by atoms with van der Waals surface area (Å²) in [7, 11) is 0. The number of carboxylic acid groups (broad SMARTS) is 1. The number of benzene rings is 2. The number of ether oxygens (including phenoxy) is 1. The highest BCUT2D eigenvalue weighted by Gasteiger charge is 2.40. The number of hydrogen-bond donors (Lipinski definition) is 1. The van der Waals surface area contributed by atoms with Crippen LogP contribution < -0.4 is 4.74 Å². The molecule has 1 aliphatic rings. The molecule has 1 fully saturated rings. The van der Waals surface area contributed by atoms with Crippen LogP contribution in [0.3, 0.4) is 0 Å². The van der Waals surface area contributed by atoms with E-state index in [4.69, 9.17) is 17.0 Å². The highest BCUT2D eigenvalue weighted by Crippen LogP contribution is 2.35. The summed E-state index contributed by atoms with van der Waals surface area (Å²) in [5.41, 5.74) is 3.06. The Morgan fingerprint density at radius 3 is 2.68 bits per heavy atom. The van der Waals surface area contributed by atoms with Crippen molar-refractivity contribution in [2.24, 2.45) is 0 Å². The predicted octanol–water partition coefficient (Wildman–Crippen LogP) is 5.42. The molecule has 1 heterocycles. The molecule has 0 spiro atoms. The van der Waals surface area contributed by atoms with E-state index in [1.807, 2.05) is 62.4 Å². The Balaban J connectivity index is 1.73. The normalized spacial score (nSPS) is 16.1. The van der Waals surface area contributed by atoms with Gasteiger partial charge in [-0.1, -0.05) is 85.7 Å². The molecule has 0 radical (unpaired) electrons. The van der Waals surface area contributed by atoms with E-state index >= 15 is 0 Å². The van der Waals surface area contributed by atoms with Crippen molar-refractivity contribution >= 4 is 46.3 Å². The van der Waals surface area contributed by atoms with Gasteiger partial charge < -0.3 is 9.84 Å². The molecule has 1 N–H and O–H groups in total. The van der Waals surface area contributed by atoms with Crippen LogP contribution in [-0.2, 0) is 16.2 Å². The summed E-state index contributed by atoms with van der Waals surface area (Å²) in [4.78, 5) is 26.3. The van der Waals surface area contributed by atoms with Crippen molar-refractivity contribution in [3.8, 4) is 5.75 Å². The second-order valence-electron chi connectivity index (χ2n) is 7.39. The van der Waals surface area contributed by atoms with Crippen LogP contribution in [0.5, 0.6) is 5.75 Å². The molecule has 0 aliphatic carbocycles. The van der Waals surface area contributed by atoms with Gasteiger partial charge in [0.1, 0.15) is 22.7 Å². The quantitative estimate of drug-likeness (QED) is 0.402. The third kappa shape index (κ3) is 5.95. The fourth-order valence-corrected chi connectivity index (χ4v) is 4.56. The summed E-state index contributed by atoms with van der Waals surface area (Å²) in [5, 5.41) is 9.58. The smallest absolute Gasteiger partial charge is 0.326 e. The summed E-state index contributed by atoms with van der Waals surface area (Å²) >= 11 is 6.46. The number of thiocarbonyl (C=S) groups is 1. The number of thioether (sulfide) groups is 1. The fourth-order valence-electron chi connectivity index (χ4n) is 3.21. The third-order valence-corrected chi connectivity index (χ3v) is 6.26. The van der Waals surface area contributed by atoms with Gasteiger partial charge in [-0.3, -0.25) is 9.69 Å². The number of aliphatic carboxylic acids is 1. The number of unbranched alkanes of at least 4 members (excludes halogenated alkanes) is 1. The SMILES string of the molecule is CCCC[C@H](C(=O)O)N1C(=O)/C(=C/c2cccc(OCc3ccc(C)cc3)c2)SC1=S. The van der Waals surface area contributed by atoms with Crippen molar-refractivity contribution in [2.75, 3.05) is 0 Å². The number of carbonyl (C=O) groups is 2. The highest BCUT2D eigenvalue weighted by atomic mass is 32.2. The first-order valence-electron chi connectivity index (χ1n) is 10.2. The van der Waals surface area contributed by atoms with Gasteiger partial charge in [-0.2, -0.15) is 0 Å². The number of rotatable bonds is 9. The molecular formula is C24H25NO4S2. The lowest BCUT2D eigenvalue weighted by Crippen LogP contribution is -2.43. The van der Waals surface area contributed by atoms with Crippen molar-refractivity contribution in [1.29, 1.82) is 0 Å². The number of aryl methyl sites for hydroxylation is 1. The maximum Gasteiger partial charge on any atom is 0.326 e. The van der Waals surface area contributed by atoms with Gasteiger partial charge in [0.15, 0.2) is 0 Å². The van der Waals surface area contributed by atoms with E-state index in [1.54, 1.807) is 6.08 Å². The fraction of sp³-hybridized carbons (Fsp3) is 0.292. The number of amides is 1. The average Bonchev–Trinajstić information content (AvgIpc) is 3.01. The molecule has 1 atom stereocenters. The molecule has 1 saturated heterocycles. The lowest BCUT2D eigenvalue weighted by molar-refractivity contribution is -0.145. The van der Waals surface area contributed by atoms with Crippen LogP contribution in [0.2, 0.25) is 0 Å². The van der Waals surface area contributed by atoms with Gasteiger partial charge in [0.2, 0.25) is 0 Å². The van der Waals surface area contributed by atoms with Gasteiger partial charge >= 0.3 is 5.97 Å². The van der Waals surface area contributed by atoms with Crippen LogP contribution in [0.25, 0.3) is 6.08 Å². The van der Waals surface area contributed by atoms with Gasteiger partial charge in [0, 0.05) is 0 Å². The topological polar surface area (TPSA) is 66.8 Å². The van der Waals surface area contributed by atoms with Crippen molar-refractivity contribution in [3.05, 3.63) is 70.1 Å². The maximum absolute atomic E-state index is 12.9. The minimum absolute atomic E-state index is 0.284. The Bertz CT molecular complexity index is 1000. The van der Waals surface area contributed by atoms with Gasteiger partial charge in [-0.15, -0.1) is 0 Å². The molecule has 0 unspecified atom stereocenters.